The van der Waals surface area contributed by atoms with Crippen molar-refractivity contribution >= 4 is 5.69 Å². The second-order valence-corrected chi connectivity index (χ2v) is 4.54. The van der Waals surface area contributed by atoms with Gasteiger partial charge in [-0.25, -0.2) is 5.43 Å². The van der Waals surface area contributed by atoms with Crippen LogP contribution in [-0.2, 0) is 11.4 Å². The Morgan fingerprint density at radius 3 is 2.74 bits per heavy atom. The molecule has 1 unspecified atom stereocenters. The molecule has 3 rings (SSSR count). The number of hydrogen-bond acceptors (Lipinski definition) is 4. The molecular formula is C15H17N3O. The highest BCUT2D eigenvalue weighted by Crippen LogP contribution is 2.24. The standard InChI is InChI=1S/C15H17N3O/c1-2-6-12(7-3-1)11-19-18-15-10-16-17-14-9-5-4-8-13(14)15/h1-9,15-18H,10-11H2. The Balaban J connectivity index is 1.59. The van der Waals surface area contributed by atoms with Gasteiger partial charge >= 0.3 is 0 Å². The lowest BCUT2D eigenvalue weighted by Crippen LogP contribution is -2.39. The molecule has 1 aliphatic heterocycles. The minimum absolute atomic E-state index is 0.154. The van der Waals surface area contributed by atoms with Crippen LogP contribution in [0.2, 0.25) is 0 Å². The van der Waals surface area contributed by atoms with Crippen LogP contribution in [0.1, 0.15) is 17.2 Å². The first-order chi connectivity index (χ1) is 9.43. The number of hydrogen-bond donors (Lipinski definition) is 3. The Morgan fingerprint density at radius 1 is 1.05 bits per heavy atom. The third-order valence-electron chi connectivity index (χ3n) is 3.17. The zero-order chi connectivity index (χ0) is 12.9. The van der Waals surface area contributed by atoms with Crippen molar-refractivity contribution in [3.05, 3.63) is 65.7 Å². The lowest BCUT2D eigenvalue weighted by Gasteiger charge is -2.27. The molecule has 0 radical (unpaired) electrons. The van der Waals surface area contributed by atoms with E-state index < -0.39 is 0 Å². The summed E-state index contributed by atoms with van der Waals surface area (Å²) in [6, 6.07) is 18.5. The largest absolute Gasteiger partial charge is 0.321 e. The number of benzene rings is 2. The number of anilines is 1. The zero-order valence-electron chi connectivity index (χ0n) is 10.6. The van der Waals surface area contributed by atoms with Crippen molar-refractivity contribution in [2.24, 2.45) is 0 Å². The molecule has 0 saturated heterocycles. The van der Waals surface area contributed by atoms with E-state index in [-0.39, 0.29) is 6.04 Å². The van der Waals surface area contributed by atoms with E-state index in [2.05, 4.69) is 34.5 Å². The molecule has 1 heterocycles. The summed E-state index contributed by atoms with van der Waals surface area (Å²) in [5.74, 6) is 0. The molecule has 0 fully saturated rings. The third kappa shape index (κ3) is 2.93. The van der Waals surface area contributed by atoms with Crippen LogP contribution >= 0.6 is 0 Å². The summed E-state index contributed by atoms with van der Waals surface area (Å²) in [7, 11) is 0. The normalized spacial score (nSPS) is 17.6. The summed E-state index contributed by atoms with van der Waals surface area (Å²) >= 11 is 0. The molecule has 0 aliphatic carbocycles. The summed E-state index contributed by atoms with van der Waals surface area (Å²) in [6.45, 7) is 1.35. The van der Waals surface area contributed by atoms with E-state index in [0.29, 0.717) is 6.61 Å². The third-order valence-corrected chi connectivity index (χ3v) is 3.17. The summed E-state index contributed by atoms with van der Waals surface area (Å²) < 4.78 is 0. The monoisotopic (exact) mass is 255 g/mol. The van der Waals surface area contributed by atoms with Gasteiger partial charge in [-0.3, -0.25) is 4.84 Å². The molecule has 2 aromatic rings. The Kier molecular flexibility index (Phi) is 3.74. The lowest BCUT2D eigenvalue weighted by molar-refractivity contribution is 0.00271. The van der Waals surface area contributed by atoms with Crippen molar-refractivity contribution in [3.8, 4) is 0 Å². The van der Waals surface area contributed by atoms with Crippen LogP contribution in [-0.4, -0.2) is 6.54 Å². The molecule has 98 valence electrons. The summed E-state index contributed by atoms with van der Waals surface area (Å²) in [4.78, 5) is 5.60. The van der Waals surface area contributed by atoms with Crippen molar-refractivity contribution in [2.75, 3.05) is 12.0 Å². The van der Waals surface area contributed by atoms with E-state index in [0.717, 1.165) is 17.8 Å². The quantitative estimate of drug-likeness (QED) is 0.734. The Morgan fingerprint density at radius 2 is 1.84 bits per heavy atom. The first kappa shape index (κ1) is 12.2. The summed E-state index contributed by atoms with van der Waals surface area (Å²) in [6.07, 6.45) is 0. The van der Waals surface area contributed by atoms with E-state index >= 15 is 0 Å². The molecule has 1 aliphatic rings. The van der Waals surface area contributed by atoms with Gasteiger partial charge in [-0.15, -0.1) is 0 Å². The van der Waals surface area contributed by atoms with E-state index in [1.807, 2.05) is 36.4 Å². The van der Waals surface area contributed by atoms with Gasteiger partial charge in [0.25, 0.3) is 0 Å². The van der Waals surface area contributed by atoms with Crippen LogP contribution in [0.15, 0.2) is 54.6 Å². The van der Waals surface area contributed by atoms with Crippen LogP contribution < -0.4 is 16.3 Å². The molecule has 3 N–H and O–H groups in total. The van der Waals surface area contributed by atoms with Gasteiger partial charge in [-0.1, -0.05) is 48.5 Å². The molecule has 0 amide bonds. The maximum absolute atomic E-state index is 5.60. The Labute approximate surface area is 112 Å². The van der Waals surface area contributed by atoms with Crippen LogP contribution in [0.4, 0.5) is 5.69 Å². The first-order valence-corrected chi connectivity index (χ1v) is 6.42. The van der Waals surface area contributed by atoms with Crippen LogP contribution in [0.3, 0.4) is 0 Å². The SMILES string of the molecule is c1ccc(CONC2CNNc3ccccc32)cc1. The maximum Gasteiger partial charge on any atom is 0.0933 e. The maximum atomic E-state index is 5.60. The number of hydroxylamine groups is 1. The van der Waals surface area contributed by atoms with E-state index in [1.165, 1.54) is 5.56 Å². The molecule has 0 spiro atoms. The van der Waals surface area contributed by atoms with Gasteiger partial charge in [-0.05, 0) is 17.2 Å². The fourth-order valence-corrected chi connectivity index (χ4v) is 2.18. The second kappa shape index (κ2) is 5.84. The van der Waals surface area contributed by atoms with Gasteiger partial charge in [0.15, 0.2) is 0 Å². The fourth-order valence-electron chi connectivity index (χ4n) is 2.18. The topological polar surface area (TPSA) is 45.3 Å². The lowest BCUT2D eigenvalue weighted by atomic mass is 10.0. The Bertz CT molecular complexity index is 530. The van der Waals surface area contributed by atoms with Crippen molar-refractivity contribution in [2.45, 2.75) is 12.6 Å². The minimum atomic E-state index is 0.154. The zero-order valence-corrected chi connectivity index (χ0v) is 10.6. The van der Waals surface area contributed by atoms with Gasteiger partial charge in [0, 0.05) is 6.54 Å². The Hall–Kier alpha value is -1.88. The van der Waals surface area contributed by atoms with Gasteiger partial charge in [-0.2, -0.15) is 5.48 Å². The minimum Gasteiger partial charge on any atom is -0.321 e. The molecular weight excluding hydrogens is 238 g/mol. The van der Waals surface area contributed by atoms with Gasteiger partial charge in [0.2, 0.25) is 0 Å². The number of nitrogens with one attached hydrogen (secondary N) is 3. The van der Waals surface area contributed by atoms with Crippen LogP contribution in [0.25, 0.3) is 0 Å². The molecule has 1 atom stereocenters. The predicted molar refractivity (Wildman–Crippen MR) is 75.2 cm³/mol. The van der Waals surface area contributed by atoms with Gasteiger partial charge < -0.3 is 5.43 Å². The van der Waals surface area contributed by atoms with Crippen molar-refractivity contribution < 1.29 is 4.84 Å². The fraction of sp³-hybridized carbons (Fsp3) is 0.200. The highest BCUT2D eigenvalue weighted by atomic mass is 16.6. The van der Waals surface area contributed by atoms with Crippen molar-refractivity contribution in [1.82, 2.24) is 10.9 Å². The molecule has 4 nitrogen and oxygen atoms in total. The number of rotatable bonds is 4. The molecule has 0 bridgehead atoms. The number of fused-ring (bicyclic) bond motifs is 1. The molecule has 0 aromatic heterocycles. The predicted octanol–water partition coefficient (Wildman–Crippen LogP) is 2.38. The van der Waals surface area contributed by atoms with Gasteiger partial charge in [0.1, 0.15) is 0 Å². The molecule has 2 aromatic carbocycles. The highest BCUT2D eigenvalue weighted by molar-refractivity contribution is 5.53. The van der Waals surface area contributed by atoms with E-state index in [9.17, 15) is 0 Å². The van der Waals surface area contributed by atoms with Crippen molar-refractivity contribution in [1.29, 1.82) is 0 Å². The van der Waals surface area contributed by atoms with Crippen LogP contribution in [0.5, 0.6) is 0 Å². The van der Waals surface area contributed by atoms with E-state index in [1.54, 1.807) is 0 Å². The highest BCUT2D eigenvalue weighted by Gasteiger charge is 2.18. The number of para-hydroxylation sites is 1. The molecule has 0 saturated carbocycles. The van der Waals surface area contributed by atoms with Crippen molar-refractivity contribution in [3.63, 3.8) is 0 Å². The average molecular weight is 255 g/mol. The first-order valence-electron chi connectivity index (χ1n) is 6.42. The molecule has 19 heavy (non-hydrogen) atoms. The summed E-state index contributed by atoms with van der Waals surface area (Å²) in [5, 5.41) is 0. The van der Waals surface area contributed by atoms with Gasteiger partial charge in [0.05, 0.1) is 18.3 Å². The average Bonchev–Trinajstić information content (AvgIpc) is 2.49. The number of hydrazine groups is 1. The molecule has 4 heteroatoms. The van der Waals surface area contributed by atoms with E-state index in [4.69, 9.17) is 4.84 Å². The van der Waals surface area contributed by atoms with Crippen LogP contribution in [0, 0.1) is 0 Å². The summed E-state index contributed by atoms with van der Waals surface area (Å²) in [5.41, 5.74) is 12.9. The second-order valence-electron chi connectivity index (χ2n) is 4.54. The smallest absolute Gasteiger partial charge is 0.0933 e.